The van der Waals surface area contributed by atoms with Gasteiger partial charge in [0.2, 0.25) is 5.91 Å². The Morgan fingerprint density at radius 2 is 1.76 bits per heavy atom. The molecule has 1 amide bonds. The predicted molar refractivity (Wildman–Crippen MR) is 70.6 cm³/mol. The molecule has 0 aliphatic carbocycles. The van der Waals surface area contributed by atoms with Crippen molar-refractivity contribution in [2.24, 2.45) is 5.73 Å². The van der Waals surface area contributed by atoms with Gasteiger partial charge in [-0.25, -0.2) is 0 Å². The summed E-state index contributed by atoms with van der Waals surface area (Å²) in [4.78, 5) is 13.5. The second kappa shape index (κ2) is 6.40. The third-order valence-corrected chi connectivity index (χ3v) is 2.98. The number of aryl methyl sites for hydroxylation is 1. The Morgan fingerprint density at radius 3 is 2.24 bits per heavy atom. The van der Waals surface area contributed by atoms with Crippen molar-refractivity contribution in [1.82, 2.24) is 4.90 Å². The molecule has 3 heteroatoms. The van der Waals surface area contributed by atoms with Crippen LogP contribution in [0.1, 0.15) is 31.4 Å². The SMILES string of the molecule is CCc1ccc(CN(C)C(=O)[C@H](N)CC)cc1. The van der Waals surface area contributed by atoms with Gasteiger partial charge in [-0.1, -0.05) is 38.1 Å². The molecule has 0 radical (unpaired) electrons. The molecule has 94 valence electrons. The molecular weight excluding hydrogens is 212 g/mol. The van der Waals surface area contributed by atoms with Gasteiger partial charge in [0, 0.05) is 13.6 Å². The Kier molecular flexibility index (Phi) is 5.16. The summed E-state index contributed by atoms with van der Waals surface area (Å²) in [5.74, 6) is 0.00654. The number of carbonyl (C=O) groups excluding carboxylic acids is 1. The van der Waals surface area contributed by atoms with E-state index in [2.05, 4.69) is 31.2 Å². The smallest absolute Gasteiger partial charge is 0.239 e. The molecule has 3 nitrogen and oxygen atoms in total. The number of hydrogen-bond donors (Lipinski definition) is 1. The van der Waals surface area contributed by atoms with Gasteiger partial charge in [-0.05, 0) is 24.0 Å². The van der Waals surface area contributed by atoms with Gasteiger partial charge in [0.25, 0.3) is 0 Å². The third kappa shape index (κ3) is 3.86. The number of nitrogens with zero attached hydrogens (tertiary/aromatic N) is 1. The molecule has 0 saturated heterocycles. The van der Waals surface area contributed by atoms with E-state index in [9.17, 15) is 4.79 Å². The van der Waals surface area contributed by atoms with E-state index in [0.29, 0.717) is 13.0 Å². The number of hydrogen-bond acceptors (Lipinski definition) is 2. The molecule has 1 aromatic carbocycles. The number of nitrogens with two attached hydrogens (primary N) is 1. The van der Waals surface area contributed by atoms with E-state index in [1.807, 2.05) is 6.92 Å². The van der Waals surface area contributed by atoms with E-state index in [0.717, 1.165) is 12.0 Å². The minimum Gasteiger partial charge on any atom is -0.340 e. The highest BCUT2D eigenvalue weighted by Crippen LogP contribution is 2.08. The van der Waals surface area contributed by atoms with Crippen molar-refractivity contribution in [3.8, 4) is 0 Å². The summed E-state index contributed by atoms with van der Waals surface area (Å²) in [6, 6.07) is 7.97. The topological polar surface area (TPSA) is 46.3 Å². The van der Waals surface area contributed by atoms with Gasteiger partial charge in [-0.3, -0.25) is 4.79 Å². The Morgan fingerprint density at radius 1 is 1.24 bits per heavy atom. The molecule has 1 rings (SSSR count). The average molecular weight is 234 g/mol. The van der Waals surface area contributed by atoms with Crippen molar-refractivity contribution in [3.05, 3.63) is 35.4 Å². The molecule has 0 fully saturated rings. The Hall–Kier alpha value is -1.35. The largest absolute Gasteiger partial charge is 0.340 e. The normalized spacial score (nSPS) is 12.2. The number of likely N-dealkylation sites (N-methyl/N-ethyl adjacent to an activating group) is 1. The fourth-order valence-corrected chi connectivity index (χ4v) is 1.69. The summed E-state index contributed by atoms with van der Waals surface area (Å²) in [6.07, 6.45) is 1.72. The first-order valence-electron chi connectivity index (χ1n) is 6.16. The second-order valence-electron chi connectivity index (χ2n) is 4.38. The van der Waals surface area contributed by atoms with E-state index in [-0.39, 0.29) is 11.9 Å². The summed E-state index contributed by atoms with van der Waals surface area (Å²) in [5.41, 5.74) is 8.18. The fraction of sp³-hybridized carbons (Fsp3) is 0.500. The van der Waals surface area contributed by atoms with Crippen LogP contribution in [0.5, 0.6) is 0 Å². The number of carbonyl (C=O) groups is 1. The van der Waals surface area contributed by atoms with E-state index in [1.165, 1.54) is 5.56 Å². The highest BCUT2D eigenvalue weighted by atomic mass is 16.2. The summed E-state index contributed by atoms with van der Waals surface area (Å²) in [5, 5.41) is 0. The average Bonchev–Trinajstić information content (AvgIpc) is 2.37. The molecule has 1 aromatic rings. The zero-order valence-corrected chi connectivity index (χ0v) is 10.9. The van der Waals surface area contributed by atoms with Crippen molar-refractivity contribution in [2.45, 2.75) is 39.3 Å². The zero-order valence-electron chi connectivity index (χ0n) is 10.9. The molecule has 0 spiro atoms. The van der Waals surface area contributed by atoms with Crippen LogP contribution in [0.25, 0.3) is 0 Å². The Bertz CT molecular complexity index is 359. The number of rotatable bonds is 5. The predicted octanol–water partition coefficient (Wildman–Crippen LogP) is 1.94. The van der Waals surface area contributed by atoms with Gasteiger partial charge in [-0.2, -0.15) is 0 Å². The standard InChI is InChI=1S/C14H22N2O/c1-4-11-6-8-12(9-7-11)10-16(3)14(17)13(15)5-2/h6-9,13H,4-5,10,15H2,1-3H3/t13-/m1/s1. The van der Waals surface area contributed by atoms with Gasteiger partial charge in [0.05, 0.1) is 6.04 Å². The summed E-state index contributed by atoms with van der Waals surface area (Å²) < 4.78 is 0. The maximum absolute atomic E-state index is 11.8. The number of benzene rings is 1. The van der Waals surface area contributed by atoms with Crippen molar-refractivity contribution in [3.63, 3.8) is 0 Å². The maximum Gasteiger partial charge on any atom is 0.239 e. The molecule has 0 bridgehead atoms. The molecule has 0 aliphatic rings. The van der Waals surface area contributed by atoms with Crippen LogP contribution in [-0.4, -0.2) is 23.9 Å². The molecule has 1 atom stereocenters. The summed E-state index contributed by atoms with van der Waals surface area (Å²) >= 11 is 0. The van der Waals surface area contributed by atoms with Gasteiger partial charge in [0.15, 0.2) is 0 Å². The summed E-state index contributed by atoms with van der Waals surface area (Å²) in [6.45, 7) is 4.67. The lowest BCUT2D eigenvalue weighted by atomic mass is 10.1. The van der Waals surface area contributed by atoms with Crippen LogP contribution < -0.4 is 5.73 Å². The minimum atomic E-state index is -0.380. The maximum atomic E-state index is 11.8. The van der Waals surface area contributed by atoms with Crippen LogP contribution in [0.3, 0.4) is 0 Å². The van der Waals surface area contributed by atoms with Crippen LogP contribution in [0.2, 0.25) is 0 Å². The zero-order chi connectivity index (χ0) is 12.8. The van der Waals surface area contributed by atoms with Gasteiger partial charge in [-0.15, -0.1) is 0 Å². The van der Waals surface area contributed by atoms with Crippen LogP contribution >= 0.6 is 0 Å². The van der Waals surface area contributed by atoms with Crippen molar-refractivity contribution < 1.29 is 4.79 Å². The highest BCUT2D eigenvalue weighted by molar-refractivity contribution is 5.81. The molecule has 17 heavy (non-hydrogen) atoms. The van der Waals surface area contributed by atoms with Crippen molar-refractivity contribution in [1.29, 1.82) is 0 Å². The summed E-state index contributed by atoms with van der Waals surface area (Å²) in [7, 11) is 1.80. The van der Waals surface area contributed by atoms with E-state index in [1.54, 1.807) is 11.9 Å². The minimum absolute atomic E-state index is 0.00654. The molecule has 2 N–H and O–H groups in total. The molecule has 0 heterocycles. The van der Waals surface area contributed by atoms with Crippen LogP contribution in [0.4, 0.5) is 0 Å². The first kappa shape index (κ1) is 13.7. The van der Waals surface area contributed by atoms with Gasteiger partial charge < -0.3 is 10.6 Å². The lowest BCUT2D eigenvalue weighted by Crippen LogP contribution is -2.40. The molecular formula is C14H22N2O. The number of amides is 1. The van der Waals surface area contributed by atoms with Crippen LogP contribution in [0, 0.1) is 0 Å². The Balaban J connectivity index is 2.61. The van der Waals surface area contributed by atoms with Gasteiger partial charge in [0.1, 0.15) is 0 Å². The van der Waals surface area contributed by atoms with Crippen LogP contribution in [0.15, 0.2) is 24.3 Å². The van der Waals surface area contributed by atoms with E-state index < -0.39 is 0 Å². The first-order chi connectivity index (χ1) is 8.08. The molecule has 0 aliphatic heterocycles. The third-order valence-electron chi connectivity index (χ3n) is 2.98. The molecule has 0 aromatic heterocycles. The van der Waals surface area contributed by atoms with Gasteiger partial charge >= 0.3 is 0 Å². The lowest BCUT2D eigenvalue weighted by molar-refractivity contribution is -0.131. The van der Waals surface area contributed by atoms with Crippen molar-refractivity contribution in [2.75, 3.05) is 7.05 Å². The Labute approximate surface area is 104 Å². The lowest BCUT2D eigenvalue weighted by Gasteiger charge is -2.20. The highest BCUT2D eigenvalue weighted by Gasteiger charge is 2.15. The van der Waals surface area contributed by atoms with Crippen molar-refractivity contribution >= 4 is 5.91 Å². The van der Waals surface area contributed by atoms with Crippen LogP contribution in [-0.2, 0) is 17.8 Å². The monoisotopic (exact) mass is 234 g/mol. The first-order valence-corrected chi connectivity index (χ1v) is 6.16. The fourth-order valence-electron chi connectivity index (χ4n) is 1.69. The molecule has 0 unspecified atom stereocenters. The van der Waals surface area contributed by atoms with E-state index >= 15 is 0 Å². The quantitative estimate of drug-likeness (QED) is 0.846. The molecule has 0 saturated carbocycles. The van der Waals surface area contributed by atoms with E-state index in [4.69, 9.17) is 5.73 Å². The second-order valence-corrected chi connectivity index (χ2v) is 4.38.